The summed E-state index contributed by atoms with van der Waals surface area (Å²) in [5.74, 6) is -3.22. The molecule has 1 aromatic rings. The van der Waals surface area contributed by atoms with Crippen LogP contribution >= 0.6 is 0 Å². The minimum atomic E-state index is -1.38. The molecule has 0 spiro atoms. The van der Waals surface area contributed by atoms with Crippen LogP contribution < -0.4 is 4.90 Å². The minimum absolute atomic E-state index is 0.153. The lowest BCUT2D eigenvalue weighted by atomic mass is 10.1. The Hall–Kier alpha value is -1.69. The summed E-state index contributed by atoms with van der Waals surface area (Å²) in [5, 5.41) is 17.9. The van der Waals surface area contributed by atoms with E-state index in [1.54, 1.807) is 0 Å². The van der Waals surface area contributed by atoms with Gasteiger partial charge in [-0.3, -0.25) is 0 Å². The van der Waals surface area contributed by atoms with Gasteiger partial charge in [-0.25, -0.2) is 13.6 Å². The zero-order chi connectivity index (χ0) is 12.6. The van der Waals surface area contributed by atoms with Crippen molar-refractivity contribution in [2.75, 3.05) is 18.0 Å². The van der Waals surface area contributed by atoms with E-state index in [0.29, 0.717) is 13.0 Å². The summed E-state index contributed by atoms with van der Waals surface area (Å²) in [6.07, 6.45) is -0.160. The fraction of sp³-hybridized carbons (Fsp3) is 0.364. The standard InChI is InChI=1S/C11H11F2NO3/c12-8-3-6(11(16)17)4-9(13)10(8)14-2-1-7(15)5-14/h3-4,7,15H,1-2,5H2,(H,16,17). The lowest BCUT2D eigenvalue weighted by molar-refractivity contribution is 0.0695. The van der Waals surface area contributed by atoms with E-state index in [9.17, 15) is 18.7 Å². The smallest absolute Gasteiger partial charge is 0.335 e. The Morgan fingerprint density at radius 3 is 2.35 bits per heavy atom. The quantitative estimate of drug-likeness (QED) is 0.820. The van der Waals surface area contributed by atoms with Gasteiger partial charge in [-0.2, -0.15) is 0 Å². The van der Waals surface area contributed by atoms with Crippen molar-refractivity contribution in [3.8, 4) is 0 Å². The van der Waals surface area contributed by atoms with Gasteiger partial charge in [0.1, 0.15) is 17.3 Å². The van der Waals surface area contributed by atoms with E-state index in [0.717, 1.165) is 12.1 Å². The van der Waals surface area contributed by atoms with Crippen molar-refractivity contribution in [2.24, 2.45) is 0 Å². The molecule has 17 heavy (non-hydrogen) atoms. The minimum Gasteiger partial charge on any atom is -0.478 e. The third kappa shape index (κ3) is 2.21. The average molecular weight is 243 g/mol. The van der Waals surface area contributed by atoms with Crippen molar-refractivity contribution in [1.29, 1.82) is 0 Å². The maximum absolute atomic E-state index is 13.6. The topological polar surface area (TPSA) is 60.8 Å². The zero-order valence-electron chi connectivity index (χ0n) is 8.86. The molecular weight excluding hydrogens is 232 g/mol. The molecule has 1 unspecified atom stereocenters. The maximum Gasteiger partial charge on any atom is 0.335 e. The number of carboxylic acid groups (broad SMARTS) is 1. The van der Waals surface area contributed by atoms with Crippen LogP contribution in [-0.2, 0) is 0 Å². The largest absolute Gasteiger partial charge is 0.478 e. The first kappa shape index (κ1) is 11.8. The predicted molar refractivity (Wildman–Crippen MR) is 56.2 cm³/mol. The summed E-state index contributed by atoms with van der Waals surface area (Å²) < 4.78 is 27.2. The highest BCUT2D eigenvalue weighted by atomic mass is 19.1. The number of benzene rings is 1. The highest BCUT2D eigenvalue weighted by molar-refractivity contribution is 5.88. The fourth-order valence-electron chi connectivity index (χ4n) is 1.94. The molecule has 2 rings (SSSR count). The molecular formula is C11H11F2NO3. The molecule has 1 aromatic carbocycles. The van der Waals surface area contributed by atoms with Crippen molar-refractivity contribution in [1.82, 2.24) is 0 Å². The molecule has 6 heteroatoms. The molecule has 4 nitrogen and oxygen atoms in total. The summed E-state index contributed by atoms with van der Waals surface area (Å²) in [5.41, 5.74) is -0.699. The molecule has 1 aliphatic rings. The van der Waals surface area contributed by atoms with Gasteiger partial charge >= 0.3 is 5.97 Å². The van der Waals surface area contributed by atoms with Gasteiger partial charge in [0.25, 0.3) is 0 Å². The summed E-state index contributed by atoms with van der Waals surface area (Å²) in [4.78, 5) is 12.0. The van der Waals surface area contributed by atoms with Gasteiger partial charge in [-0.05, 0) is 18.6 Å². The molecule has 2 N–H and O–H groups in total. The first-order valence-electron chi connectivity index (χ1n) is 5.14. The Kier molecular flexibility index (Phi) is 2.97. The van der Waals surface area contributed by atoms with E-state index >= 15 is 0 Å². The van der Waals surface area contributed by atoms with Gasteiger partial charge < -0.3 is 15.1 Å². The van der Waals surface area contributed by atoms with Gasteiger partial charge in [0.15, 0.2) is 0 Å². The maximum atomic E-state index is 13.6. The average Bonchev–Trinajstić information content (AvgIpc) is 2.63. The predicted octanol–water partition coefficient (Wildman–Crippen LogP) is 1.23. The molecule has 0 bridgehead atoms. The van der Waals surface area contributed by atoms with Crippen LogP contribution in [0.15, 0.2) is 12.1 Å². The highest BCUT2D eigenvalue weighted by Gasteiger charge is 2.26. The number of aliphatic hydroxyl groups excluding tert-OH is 1. The summed E-state index contributed by atoms with van der Waals surface area (Å²) in [6.45, 7) is 0.502. The van der Waals surface area contributed by atoms with E-state index < -0.39 is 29.3 Å². The van der Waals surface area contributed by atoms with Crippen molar-refractivity contribution in [3.63, 3.8) is 0 Å². The fourth-order valence-corrected chi connectivity index (χ4v) is 1.94. The number of carboxylic acids is 1. The monoisotopic (exact) mass is 243 g/mol. The zero-order valence-corrected chi connectivity index (χ0v) is 8.86. The van der Waals surface area contributed by atoms with E-state index in [2.05, 4.69) is 0 Å². The van der Waals surface area contributed by atoms with Crippen LogP contribution in [0.3, 0.4) is 0 Å². The number of aromatic carboxylic acids is 1. The summed E-state index contributed by atoms with van der Waals surface area (Å²) in [7, 11) is 0. The van der Waals surface area contributed by atoms with Gasteiger partial charge in [-0.1, -0.05) is 0 Å². The van der Waals surface area contributed by atoms with Crippen molar-refractivity contribution >= 4 is 11.7 Å². The molecule has 0 saturated carbocycles. The van der Waals surface area contributed by atoms with E-state index in [1.807, 2.05) is 0 Å². The van der Waals surface area contributed by atoms with Crippen molar-refractivity contribution in [3.05, 3.63) is 29.3 Å². The second-order valence-corrected chi connectivity index (χ2v) is 3.98. The molecule has 0 amide bonds. The summed E-state index contributed by atoms with van der Waals surface area (Å²) >= 11 is 0. The number of hydrogen-bond donors (Lipinski definition) is 2. The van der Waals surface area contributed by atoms with Crippen LogP contribution in [0.1, 0.15) is 16.8 Å². The third-order valence-electron chi connectivity index (χ3n) is 2.74. The van der Waals surface area contributed by atoms with Crippen LogP contribution in [0.2, 0.25) is 0 Å². The molecule has 1 atom stereocenters. The molecule has 0 radical (unpaired) electrons. The third-order valence-corrected chi connectivity index (χ3v) is 2.74. The van der Waals surface area contributed by atoms with Gasteiger partial charge in [-0.15, -0.1) is 0 Å². The van der Waals surface area contributed by atoms with E-state index in [1.165, 1.54) is 4.90 Å². The molecule has 92 valence electrons. The van der Waals surface area contributed by atoms with Crippen LogP contribution in [-0.4, -0.2) is 35.4 Å². The number of rotatable bonds is 2. The Bertz CT molecular complexity index is 441. The van der Waals surface area contributed by atoms with Crippen LogP contribution in [0, 0.1) is 11.6 Å². The van der Waals surface area contributed by atoms with Crippen molar-refractivity contribution in [2.45, 2.75) is 12.5 Å². The molecule has 1 aliphatic heterocycles. The van der Waals surface area contributed by atoms with Crippen molar-refractivity contribution < 1.29 is 23.8 Å². The Balaban J connectivity index is 2.38. The lowest BCUT2D eigenvalue weighted by Crippen LogP contribution is -2.23. The van der Waals surface area contributed by atoms with Crippen LogP contribution in [0.4, 0.5) is 14.5 Å². The second kappa shape index (κ2) is 4.29. The van der Waals surface area contributed by atoms with Gasteiger partial charge in [0, 0.05) is 13.1 Å². The first-order chi connectivity index (χ1) is 7.99. The molecule has 0 aliphatic carbocycles. The lowest BCUT2D eigenvalue weighted by Gasteiger charge is -2.19. The SMILES string of the molecule is O=C(O)c1cc(F)c(N2CCC(O)C2)c(F)c1. The van der Waals surface area contributed by atoms with Gasteiger partial charge in [0.05, 0.1) is 11.7 Å². The molecule has 1 saturated heterocycles. The van der Waals surface area contributed by atoms with E-state index in [-0.39, 0.29) is 12.2 Å². The van der Waals surface area contributed by atoms with Crippen LogP contribution in [0.5, 0.6) is 0 Å². The number of hydrogen-bond acceptors (Lipinski definition) is 3. The normalized spacial score (nSPS) is 19.7. The molecule has 0 aromatic heterocycles. The summed E-state index contributed by atoms with van der Waals surface area (Å²) in [6, 6.07) is 1.57. The first-order valence-corrected chi connectivity index (χ1v) is 5.14. The number of halogens is 2. The Morgan fingerprint density at radius 1 is 1.35 bits per heavy atom. The second-order valence-electron chi connectivity index (χ2n) is 3.98. The number of carbonyl (C=O) groups is 1. The molecule has 1 fully saturated rings. The van der Waals surface area contributed by atoms with E-state index in [4.69, 9.17) is 5.11 Å². The number of nitrogens with zero attached hydrogens (tertiary/aromatic N) is 1. The number of anilines is 1. The van der Waals surface area contributed by atoms with Gasteiger partial charge in [0.2, 0.25) is 0 Å². The number of β-amino-alcohol motifs (C(OH)–C–C–N with tert-alkyl or cyclic N) is 1. The van der Waals surface area contributed by atoms with Crippen LogP contribution in [0.25, 0.3) is 0 Å². The highest BCUT2D eigenvalue weighted by Crippen LogP contribution is 2.28. The number of aliphatic hydroxyl groups is 1. The Labute approximate surface area is 96.1 Å². The Morgan fingerprint density at radius 2 is 1.94 bits per heavy atom. The molecule has 1 heterocycles.